The molecule has 0 radical (unpaired) electrons. The fourth-order valence-electron chi connectivity index (χ4n) is 3.30. The summed E-state index contributed by atoms with van der Waals surface area (Å²) in [5.74, 6) is 0.666. The smallest absolute Gasteiger partial charge is 0.410 e. The lowest BCUT2D eigenvalue weighted by Gasteiger charge is -2.43. The standard InChI is InChI=1S/C20H28F2N6O4/c1-19(2,3)32-18(29)28-7-6-12(20(4,5)11-28)30-16-10-23-9-14(25-16)24-13-8-15(27-26-13)31-17(21)22/h8-10,12,17H,6-7,11H2,1-5H3,(H2,24,25,26,27)/t12-/m0/s1. The normalized spacial score (nSPS) is 18.4. The topological polar surface area (TPSA) is 114 Å². The van der Waals surface area contributed by atoms with Crippen LogP contribution in [-0.2, 0) is 4.74 Å². The Kier molecular flexibility index (Phi) is 6.70. The fourth-order valence-corrected chi connectivity index (χ4v) is 3.30. The van der Waals surface area contributed by atoms with Crippen LogP contribution < -0.4 is 14.8 Å². The van der Waals surface area contributed by atoms with Crippen LogP contribution in [0, 0.1) is 5.41 Å². The SMILES string of the molecule is CC(C)(C)OC(=O)N1CC[C@H](Oc2cncc(Nc3cc(OC(F)F)[nH]n3)n2)C(C)(C)C1. The van der Waals surface area contributed by atoms with Gasteiger partial charge in [-0.25, -0.2) is 9.89 Å². The number of rotatable bonds is 6. The minimum Gasteiger partial charge on any atom is -0.472 e. The van der Waals surface area contributed by atoms with Gasteiger partial charge in [-0.2, -0.15) is 18.9 Å². The molecular formula is C20H28F2N6O4. The second-order valence-electron chi connectivity index (χ2n) is 9.15. The van der Waals surface area contributed by atoms with Crippen molar-refractivity contribution in [2.75, 3.05) is 18.4 Å². The van der Waals surface area contributed by atoms with Gasteiger partial charge < -0.3 is 24.4 Å². The summed E-state index contributed by atoms with van der Waals surface area (Å²) in [5.41, 5.74) is -0.914. The molecule has 1 aliphatic heterocycles. The maximum Gasteiger partial charge on any atom is 0.410 e. The van der Waals surface area contributed by atoms with Gasteiger partial charge in [-0.1, -0.05) is 13.8 Å². The first kappa shape index (κ1) is 23.5. The number of hydrogen-bond donors (Lipinski definition) is 2. The molecule has 10 nitrogen and oxygen atoms in total. The molecule has 32 heavy (non-hydrogen) atoms. The first-order chi connectivity index (χ1) is 14.9. The van der Waals surface area contributed by atoms with E-state index >= 15 is 0 Å². The predicted molar refractivity (Wildman–Crippen MR) is 111 cm³/mol. The van der Waals surface area contributed by atoms with Gasteiger partial charge in [-0.15, -0.1) is 0 Å². The summed E-state index contributed by atoms with van der Waals surface area (Å²) < 4.78 is 40.4. The van der Waals surface area contributed by atoms with Crippen molar-refractivity contribution >= 4 is 17.7 Å². The molecule has 0 aromatic carbocycles. The van der Waals surface area contributed by atoms with E-state index in [0.29, 0.717) is 31.2 Å². The lowest BCUT2D eigenvalue weighted by atomic mass is 9.81. The summed E-state index contributed by atoms with van der Waals surface area (Å²) in [5, 5.41) is 9.02. The number of amides is 1. The third-order valence-corrected chi connectivity index (χ3v) is 4.68. The molecule has 0 aliphatic carbocycles. The Bertz CT molecular complexity index is 931. The molecule has 3 heterocycles. The molecule has 1 fully saturated rings. The number of nitrogens with zero attached hydrogens (tertiary/aromatic N) is 4. The van der Waals surface area contributed by atoms with Crippen LogP contribution in [0.1, 0.15) is 41.0 Å². The predicted octanol–water partition coefficient (Wildman–Crippen LogP) is 3.96. The van der Waals surface area contributed by atoms with Gasteiger partial charge in [0.05, 0.1) is 12.4 Å². The van der Waals surface area contributed by atoms with Crippen molar-refractivity contribution in [1.82, 2.24) is 25.1 Å². The zero-order valence-corrected chi connectivity index (χ0v) is 18.7. The molecule has 0 bridgehead atoms. The van der Waals surface area contributed by atoms with Crippen molar-refractivity contribution in [3.8, 4) is 11.8 Å². The number of nitrogens with one attached hydrogen (secondary N) is 2. The average Bonchev–Trinajstić information content (AvgIpc) is 3.08. The molecule has 3 rings (SSSR count). The van der Waals surface area contributed by atoms with Crippen LogP contribution >= 0.6 is 0 Å². The number of alkyl halides is 2. The van der Waals surface area contributed by atoms with Crippen molar-refractivity contribution in [2.24, 2.45) is 5.41 Å². The third-order valence-electron chi connectivity index (χ3n) is 4.68. The van der Waals surface area contributed by atoms with Crippen LogP contribution in [0.25, 0.3) is 0 Å². The Hall–Kier alpha value is -3.18. The Morgan fingerprint density at radius 1 is 1.31 bits per heavy atom. The quantitative estimate of drug-likeness (QED) is 0.674. The third kappa shape index (κ3) is 6.41. The van der Waals surface area contributed by atoms with E-state index in [0.717, 1.165) is 0 Å². The molecular weight excluding hydrogens is 426 g/mol. The molecule has 12 heteroatoms. The molecule has 0 spiro atoms. The van der Waals surface area contributed by atoms with Crippen LogP contribution in [0.2, 0.25) is 0 Å². The monoisotopic (exact) mass is 454 g/mol. The Morgan fingerprint density at radius 2 is 2.06 bits per heavy atom. The van der Waals surface area contributed by atoms with Gasteiger partial charge in [0.2, 0.25) is 11.8 Å². The van der Waals surface area contributed by atoms with Gasteiger partial charge in [-0.3, -0.25) is 4.98 Å². The van der Waals surface area contributed by atoms with Gasteiger partial charge >= 0.3 is 12.7 Å². The van der Waals surface area contributed by atoms with Crippen LogP contribution in [-0.4, -0.2) is 62.6 Å². The molecule has 1 saturated heterocycles. The maximum absolute atomic E-state index is 12.4. The fraction of sp³-hybridized carbons (Fsp3) is 0.600. The maximum atomic E-state index is 12.4. The van der Waals surface area contributed by atoms with Gasteiger partial charge in [0, 0.05) is 31.0 Å². The number of carbonyl (C=O) groups is 1. The highest BCUT2D eigenvalue weighted by Crippen LogP contribution is 2.33. The molecule has 176 valence electrons. The minimum atomic E-state index is -2.95. The van der Waals surface area contributed by atoms with E-state index in [1.54, 1.807) is 4.90 Å². The molecule has 1 atom stereocenters. The molecule has 1 amide bonds. The van der Waals surface area contributed by atoms with Crippen LogP contribution in [0.3, 0.4) is 0 Å². The lowest BCUT2D eigenvalue weighted by Crippen LogP contribution is -2.53. The van der Waals surface area contributed by atoms with E-state index in [1.165, 1.54) is 18.5 Å². The number of piperidine rings is 1. The number of aromatic nitrogens is 4. The van der Waals surface area contributed by atoms with E-state index in [-0.39, 0.29) is 29.3 Å². The zero-order valence-electron chi connectivity index (χ0n) is 18.7. The molecule has 2 aromatic rings. The summed E-state index contributed by atoms with van der Waals surface area (Å²) in [6.07, 6.45) is 2.98. The number of anilines is 2. The molecule has 0 unspecified atom stereocenters. The molecule has 2 aromatic heterocycles. The van der Waals surface area contributed by atoms with E-state index in [1.807, 2.05) is 34.6 Å². The highest BCUT2D eigenvalue weighted by Gasteiger charge is 2.40. The van der Waals surface area contributed by atoms with E-state index < -0.39 is 12.2 Å². The largest absolute Gasteiger partial charge is 0.472 e. The second kappa shape index (κ2) is 9.13. The average molecular weight is 454 g/mol. The number of likely N-dealkylation sites (tertiary alicyclic amines) is 1. The number of hydrogen-bond acceptors (Lipinski definition) is 8. The highest BCUT2D eigenvalue weighted by molar-refractivity contribution is 5.68. The Morgan fingerprint density at radius 3 is 2.72 bits per heavy atom. The molecule has 1 aliphatic rings. The lowest BCUT2D eigenvalue weighted by molar-refractivity contribution is -0.0528. The van der Waals surface area contributed by atoms with Crippen molar-refractivity contribution in [2.45, 2.75) is 59.4 Å². The number of carbonyl (C=O) groups excluding carboxylic acids is 1. The first-order valence-corrected chi connectivity index (χ1v) is 10.2. The summed E-state index contributed by atoms with van der Waals surface area (Å²) >= 11 is 0. The van der Waals surface area contributed by atoms with Crippen molar-refractivity contribution in [3.63, 3.8) is 0 Å². The molecule has 2 N–H and O–H groups in total. The van der Waals surface area contributed by atoms with Crippen LogP contribution in [0.5, 0.6) is 11.8 Å². The zero-order chi connectivity index (χ0) is 23.5. The van der Waals surface area contributed by atoms with Crippen LogP contribution in [0.4, 0.5) is 25.2 Å². The van der Waals surface area contributed by atoms with Crippen molar-refractivity contribution in [1.29, 1.82) is 0 Å². The molecule has 0 saturated carbocycles. The van der Waals surface area contributed by atoms with Gasteiger partial charge in [-0.05, 0) is 20.8 Å². The van der Waals surface area contributed by atoms with Crippen molar-refractivity contribution < 1.29 is 27.8 Å². The van der Waals surface area contributed by atoms with E-state index in [2.05, 4.69) is 30.2 Å². The number of aromatic amines is 1. The highest BCUT2D eigenvalue weighted by atomic mass is 19.3. The summed E-state index contributed by atoms with van der Waals surface area (Å²) in [6.45, 7) is 7.54. The van der Waals surface area contributed by atoms with Crippen LogP contribution in [0.15, 0.2) is 18.5 Å². The van der Waals surface area contributed by atoms with Gasteiger partial charge in [0.1, 0.15) is 11.7 Å². The number of H-pyrrole nitrogens is 1. The number of ether oxygens (including phenoxy) is 3. The van der Waals surface area contributed by atoms with Gasteiger partial charge in [0.25, 0.3) is 0 Å². The Labute approximate surface area is 184 Å². The van der Waals surface area contributed by atoms with Gasteiger partial charge in [0.15, 0.2) is 11.6 Å². The first-order valence-electron chi connectivity index (χ1n) is 10.2. The summed E-state index contributed by atoms with van der Waals surface area (Å²) in [6, 6.07) is 1.27. The van der Waals surface area contributed by atoms with Crippen molar-refractivity contribution in [3.05, 3.63) is 18.5 Å². The summed E-state index contributed by atoms with van der Waals surface area (Å²) in [7, 11) is 0. The number of halogens is 2. The minimum absolute atomic E-state index is 0.179. The Balaban J connectivity index is 1.61. The van der Waals surface area contributed by atoms with E-state index in [4.69, 9.17) is 9.47 Å². The van der Waals surface area contributed by atoms with E-state index in [9.17, 15) is 13.6 Å². The summed E-state index contributed by atoms with van der Waals surface area (Å²) in [4.78, 5) is 22.6. The second-order valence-corrected chi connectivity index (χ2v) is 9.15.